The van der Waals surface area contributed by atoms with Crippen LogP contribution in [0.15, 0.2) is 35.5 Å². The van der Waals surface area contributed by atoms with Gasteiger partial charge in [0.1, 0.15) is 5.75 Å². The molecule has 3 N–H and O–H groups in total. The fourth-order valence-electron chi connectivity index (χ4n) is 2.09. The molecule has 1 aromatic heterocycles. The number of aliphatic imine (C=N–C) groups is 1. The van der Waals surface area contributed by atoms with Gasteiger partial charge >= 0.3 is 0 Å². The first-order valence-corrected chi connectivity index (χ1v) is 7.14. The zero-order chi connectivity index (χ0) is 17.7. The van der Waals surface area contributed by atoms with Crippen LogP contribution in [0, 0.1) is 17.0 Å². The van der Waals surface area contributed by atoms with E-state index in [1.54, 1.807) is 6.92 Å². The summed E-state index contributed by atoms with van der Waals surface area (Å²) in [5.74, 6) is -0.0740. The number of hydrogen-bond donors (Lipinski definition) is 3. The quantitative estimate of drug-likeness (QED) is 0.419. The fourth-order valence-corrected chi connectivity index (χ4v) is 2.09. The van der Waals surface area contributed by atoms with E-state index in [1.807, 2.05) is 0 Å². The number of aliphatic hydroxyl groups is 2. The number of aryl methyl sites for hydroxylation is 1. The number of nitro groups is 1. The molecule has 2 rings (SSSR count). The molecule has 1 atom stereocenters. The topological polar surface area (TPSA) is 129 Å². The smallest absolute Gasteiger partial charge is 0.269 e. The van der Waals surface area contributed by atoms with E-state index in [2.05, 4.69) is 9.98 Å². The maximum atomic E-state index is 10.6. The summed E-state index contributed by atoms with van der Waals surface area (Å²) in [7, 11) is 0. The van der Waals surface area contributed by atoms with Crippen LogP contribution >= 0.6 is 0 Å². The Hall–Kier alpha value is -2.84. The van der Waals surface area contributed by atoms with Crippen molar-refractivity contribution in [1.82, 2.24) is 4.98 Å². The van der Waals surface area contributed by atoms with E-state index in [0.717, 1.165) is 0 Å². The SMILES string of the molecule is Cc1ncc(CO)c(C=NC[C@@H](O)c2ccc([N+](=O)[O-])cc2)c1O. The molecular formula is C16H17N3O5. The van der Waals surface area contributed by atoms with Crippen molar-refractivity contribution in [1.29, 1.82) is 0 Å². The number of rotatable bonds is 6. The van der Waals surface area contributed by atoms with Crippen LogP contribution in [0.3, 0.4) is 0 Å². The van der Waals surface area contributed by atoms with Gasteiger partial charge in [0.25, 0.3) is 5.69 Å². The predicted octanol–water partition coefficient (Wildman–Crippen LogP) is 1.65. The Kier molecular flexibility index (Phi) is 5.56. The van der Waals surface area contributed by atoms with Gasteiger partial charge in [0.2, 0.25) is 0 Å². The van der Waals surface area contributed by atoms with Crippen molar-refractivity contribution in [2.45, 2.75) is 19.6 Å². The van der Waals surface area contributed by atoms with Crippen LogP contribution in [0.4, 0.5) is 5.69 Å². The molecule has 0 fully saturated rings. The van der Waals surface area contributed by atoms with Gasteiger partial charge in [0.15, 0.2) is 0 Å². The Morgan fingerprint density at radius 3 is 2.62 bits per heavy atom. The van der Waals surface area contributed by atoms with Crippen molar-refractivity contribution in [2.75, 3.05) is 6.54 Å². The number of nitro benzene ring substituents is 1. The fraction of sp³-hybridized carbons (Fsp3) is 0.250. The minimum Gasteiger partial charge on any atom is -0.505 e. The van der Waals surface area contributed by atoms with Crippen LogP contribution in [0.2, 0.25) is 0 Å². The summed E-state index contributed by atoms with van der Waals surface area (Å²) in [5, 5.41) is 39.9. The zero-order valence-electron chi connectivity index (χ0n) is 13.0. The van der Waals surface area contributed by atoms with E-state index in [0.29, 0.717) is 22.4 Å². The molecule has 0 radical (unpaired) electrons. The number of aromatic nitrogens is 1. The van der Waals surface area contributed by atoms with E-state index in [9.17, 15) is 25.4 Å². The van der Waals surface area contributed by atoms with Gasteiger partial charge in [-0.1, -0.05) is 0 Å². The second kappa shape index (κ2) is 7.62. The Morgan fingerprint density at radius 2 is 2.04 bits per heavy atom. The number of non-ortho nitro benzene ring substituents is 1. The van der Waals surface area contributed by atoms with Crippen molar-refractivity contribution in [3.05, 3.63) is 63.0 Å². The maximum absolute atomic E-state index is 10.6. The average Bonchev–Trinajstić information content (AvgIpc) is 2.58. The minimum absolute atomic E-state index is 0.00346. The van der Waals surface area contributed by atoms with Crippen molar-refractivity contribution in [3.8, 4) is 5.75 Å². The van der Waals surface area contributed by atoms with E-state index >= 15 is 0 Å². The van der Waals surface area contributed by atoms with Crippen molar-refractivity contribution in [2.24, 2.45) is 4.99 Å². The molecular weight excluding hydrogens is 314 g/mol. The highest BCUT2D eigenvalue weighted by atomic mass is 16.6. The highest BCUT2D eigenvalue weighted by molar-refractivity contribution is 5.85. The van der Waals surface area contributed by atoms with E-state index in [1.165, 1.54) is 36.7 Å². The molecule has 0 spiro atoms. The number of aliphatic hydroxyl groups excluding tert-OH is 2. The highest BCUT2D eigenvalue weighted by Crippen LogP contribution is 2.22. The monoisotopic (exact) mass is 331 g/mol. The lowest BCUT2D eigenvalue weighted by molar-refractivity contribution is -0.384. The molecule has 0 amide bonds. The summed E-state index contributed by atoms with van der Waals surface area (Å²) < 4.78 is 0. The lowest BCUT2D eigenvalue weighted by atomic mass is 10.1. The van der Waals surface area contributed by atoms with Crippen molar-refractivity contribution < 1.29 is 20.2 Å². The molecule has 0 bridgehead atoms. The number of nitrogens with zero attached hydrogens (tertiary/aromatic N) is 3. The number of pyridine rings is 1. The van der Waals surface area contributed by atoms with Crippen LogP contribution in [-0.2, 0) is 6.61 Å². The van der Waals surface area contributed by atoms with E-state index in [-0.39, 0.29) is 24.6 Å². The van der Waals surface area contributed by atoms with Gasteiger partial charge in [-0.15, -0.1) is 0 Å². The normalized spacial score (nSPS) is 12.5. The molecule has 0 aliphatic carbocycles. The van der Waals surface area contributed by atoms with Crippen molar-refractivity contribution >= 4 is 11.9 Å². The number of hydrogen-bond acceptors (Lipinski definition) is 7. The van der Waals surface area contributed by atoms with E-state index in [4.69, 9.17) is 0 Å². The second-order valence-electron chi connectivity index (χ2n) is 5.15. The summed E-state index contributed by atoms with van der Waals surface area (Å²) in [6, 6.07) is 5.55. The molecule has 0 aliphatic heterocycles. The lowest BCUT2D eigenvalue weighted by Gasteiger charge is -2.09. The molecule has 24 heavy (non-hydrogen) atoms. The third-order valence-corrected chi connectivity index (χ3v) is 3.52. The van der Waals surface area contributed by atoms with Crippen molar-refractivity contribution in [3.63, 3.8) is 0 Å². The van der Waals surface area contributed by atoms with Gasteiger partial charge in [-0.2, -0.15) is 0 Å². The molecule has 2 aromatic rings. The molecule has 0 unspecified atom stereocenters. The van der Waals surface area contributed by atoms with Crippen LogP contribution in [0.25, 0.3) is 0 Å². The summed E-state index contributed by atoms with van der Waals surface area (Å²) >= 11 is 0. The van der Waals surface area contributed by atoms with Crippen LogP contribution in [0.1, 0.15) is 28.5 Å². The van der Waals surface area contributed by atoms with Crippen LogP contribution in [0.5, 0.6) is 5.75 Å². The van der Waals surface area contributed by atoms with Gasteiger partial charge in [-0.3, -0.25) is 20.1 Å². The van der Waals surface area contributed by atoms with Crippen LogP contribution < -0.4 is 0 Å². The molecule has 126 valence electrons. The second-order valence-corrected chi connectivity index (χ2v) is 5.15. The minimum atomic E-state index is -0.940. The molecule has 8 heteroatoms. The predicted molar refractivity (Wildman–Crippen MR) is 87.1 cm³/mol. The Bertz CT molecular complexity index is 759. The van der Waals surface area contributed by atoms with Gasteiger partial charge < -0.3 is 15.3 Å². The molecule has 0 saturated carbocycles. The first-order chi connectivity index (χ1) is 11.4. The summed E-state index contributed by atoms with van der Waals surface area (Å²) in [6.07, 6.45) is 1.87. The standard InChI is InChI=1S/C16H17N3O5/c1-10-16(22)14(12(9-20)6-18-10)7-17-8-15(21)11-2-4-13(5-3-11)19(23)24/h2-7,15,20-22H,8-9H2,1H3/t15-/m1/s1. The third-order valence-electron chi connectivity index (χ3n) is 3.52. The highest BCUT2D eigenvalue weighted by Gasteiger charge is 2.11. The largest absolute Gasteiger partial charge is 0.505 e. The first kappa shape index (κ1) is 17.5. The Balaban J connectivity index is 2.11. The first-order valence-electron chi connectivity index (χ1n) is 7.14. The van der Waals surface area contributed by atoms with Gasteiger partial charge in [-0.25, -0.2) is 0 Å². The summed E-state index contributed by atoms with van der Waals surface area (Å²) in [6.45, 7) is 1.33. The number of benzene rings is 1. The molecule has 8 nitrogen and oxygen atoms in total. The van der Waals surface area contributed by atoms with Crippen LogP contribution in [-0.4, -0.2) is 38.0 Å². The maximum Gasteiger partial charge on any atom is 0.269 e. The Morgan fingerprint density at radius 1 is 1.38 bits per heavy atom. The van der Waals surface area contributed by atoms with E-state index < -0.39 is 11.0 Å². The average molecular weight is 331 g/mol. The molecule has 0 saturated heterocycles. The van der Waals surface area contributed by atoms with Gasteiger partial charge in [0, 0.05) is 35.7 Å². The lowest BCUT2D eigenvalue weighted by Crippen LogP contribution is -2.03. The zero-order valence-corrected chi connectivity index (χ0v) is 13.0. The summed E-state index contributed by atoms with van der Waals surface area (Å²) in [4.78, 5) is 18.1. The third kappa shape index (κ3) is 3.92. The molecule has 1 aromatic carbocycles. The molecule has 1 heterocycles. The number of aromatic hydroxyl groups is 1. The van der Waals surface area contributed by atoms with Gasteiger partial charge in [-0.05, 0) is 24.6 Å². The Labute approximate surface area is 137 Å². The summed E-state index contributed by atoms with van der Waals surface area (Å²) in [5.41, 5.74) is 1.62. The van der Waals surface area contributed by atoms with Gasteiger partial charge in [0.05, 0.1) is 29.9 Å². The molecule has 0 aliphatic rings.